The van der Waals surface area contributed by atoms with Crippen LogP contribution in [0, 0.1) is 0 Å². The van der Waals surface area contributed by atoms with E-state index in [1.165, 1.54) is 0 Å². The zero-order valence-corrected chi connectivity index (χ0v) is 19.3. The molecule has 1 saturated heterocycles. The van der Waals surface area contributed by atoms with E-state index in [2.05, 4.69) is 21.3 Å². The summed E-state index contributed by atoms with van der Waals surface area (Å²) in [7, 11) is 0. The quantitative estimate of drug-likeness (QED) is 0.455. The predicted molar refractivity (Wildman–Crippen MR) is 131 cm³/mol. The fraction of sp³-hybridized carbons (Fsp3) is 0.423. The normalized spacial score (nSPS) is 17.8. The van der Waals surface area contributed by atoms with Crippen molar-refractivity contribution in [1.82, 2.24) is 10.6 Å². The first-order chi connectivity index (χ1) is 16.6. The Morgan fingerprint density at radius 3 is 2.21 bits per heavy atom. The molecule has 4 rings (SSSR count). The van der Waals surface area contributed by atoms with Crippen LogP contribution in [-0.2, 0) is 9.53 Å². The van der Waals surface area contributed by atoms with Crippen molar-refractivity contribution in [2.45, 2.75) is 50.7 Å². The molecular weight excluding hydrogens is 432 g/mol. The van der Waals surface area contributed by atoms with E-state index in [0.717, 1.165) is 45.1 Å². The molecule has 180 valence electrons. The average Bonchev–Trinajstić information content (AvgIpc) is 3.56. The Hall–Kier alpha value is -3.39. The van der Waals surface area contributed by atoms with Crippen molar-refractivity contribution in [3.63, 3.8) is 0 Å². The Morgan fingerprint density at radius 1 is 0.824 bits per heavy atom. The van der Waals surface area contributed by atoms with E-state index in [4.69, 9.17) is 4.74 Å². The number of anilines is 2. The van der Waals surface area contributed by atoms with Crippen molar-refractivity contribution in [1.29, 1.82) is 0 Å². The zero-order valence-electron chi connectivity index (χ0n) is 19.3. The first kappa shape index (κ1) is 23.8. The number of amides is 3. The highest BCUT2D eigenvalue weighted by molar-refractivity contribution is 6.05. The van der Waals surface area contributed by atoms with Gasteiger partial charge in [-0.25, -0.2) is 0 Å². The summed E-state index contributed by atoms with van der Waals surface area (Å²) < 4.78 is 5.56. The van der Waals surface area contributed by atoms with E-state index in [0.29, 0.717) is 29.0 Å². The second kappa shape index (κ2) is 11.7. The molecule has 0 spiro atoms. The molecule has 4 N–H and O–H groups in total. The largest absolute Gasteiger partial charge is 0.376 e. The van der Waals surface area contributed by atoms with E-state index in [1.54, 1.807) is 48.5 Å². The second-order valence-electron chi connectivity index (χ2n) is 8.79. The van der Waals surface area contributed by atoms with Gasteiger partial charge >= 0.3 is 0 Å². The SMILES string of the molecule is O=C(CNc1ccccc1C(=O)NC[C@H]1CCCO1)Nc1ccccc1C(=O)NC1CCCC1. The Kier molecular flexibility index (Phi) is 8.14. The lowest BCUT2D eigenvalue weighted by Gasteiger charge is -2.16. The smallest absolute Gasteiger partial charge is 0.253 e. The molecule has 1 aliphatic carbocycles. The summed E-state index contributed by atoms with van der Waals surface area (Å²) in [6.07, 6.45) is 6.25. The Bertz CT molecular complexity index is 1010. The van der Waals surface area contributed by atoms with Crippen LogP contribution in [0.5, 0.6) is 0 Å². The van der Waals surface area contributed by atoms with Crippen molar-refractivity contribution >= 4 is 29.1 Å². The fourth-order valence-electron chi connectivity index (χ4n) is 4.44. The molecule has 1 aliphatic heterocycles. The summed E-state index contributed by atoms with van der Waals surface area (Å²) in [5.41, 5.74) is 1.93. The fourth-order valence-corrected chi connectivity index (χ4v) is 4.44. The van der Waals surface area contributed by atoms with Gasteiger partial charge in [-0.05, 0) is 49.9 Å². The summed E-state index contributed by atoms with van der Waals surface area (Å²) in [5.74, 6) is -0.701. The summed E-state index contributed by atoms with van der Waals surface area (Å²) in [5, 5.41) is 11.8. The number of carbonyl (C=O) groups is 3. The number of rotatable bonds is 9. The van der Waals surface area contributed by atoms with Crippen LogP contribution in [0.3, 0.4) is 0 Å². The van der Waals surface area contributed by atoms with E-state index < -0.39 is 0 Å². The molecule has 1 atom stereocenters. The maximum Gasteiger partial charge on any atom is 0.253 e. The van der Waals surface area contributed by atoms with Gasteiger partial charge in [0.2, 0.25) is 5.91 Å². The number of carbonyl (C=O) groups excluding carboxylic acids is 3. The second-order valence-corrected chi connectivity index (χ2v) is 8.79. The average molecular weight is 465 g/mol. The van der Waals surface area contributed by atoms with Crippen molar-refractivity contribution in [2.75, 3.05) is 30.3 Å². The molecule has 0 unspecified atom stereocenters. The minimum absolute atomic E-state index is 0.0470. The van der Waals surface area contributed by atoms with Gasteiger partial charge in [0.15, 0.2) is 0 Å². The molecule has 1 saturated carbocycles. The Labute approximate surface area is 199 Å². The van der Waals surface area contributed by atoms with Crippen LogP contribution >= 0.6 is 0 Å². The standard InChI is InChI=1S/C26H32N4O4/c31-24(30-23-14-6-4-12-21(23)26(33)29-18-8-1-2-9-18)17-27-22-13-5-3-11-20(22)25(32)28-16-19-10-7-15-34-19/h3-6,11-14,18-19,27H,1-2,7-10,15-17H2,(H,28,32)(H,29,33)(H,30,31)/t19-/m1/s1. The number of benzene rings is 2. The lowest BCUT2D eigenvalue weighted by molar-refractivity contribution is -0.114. The molecule has 1 heterocycles. The molecule has 0 aromatic heterocycles. The number of nitrogens with one attached hydrogen (secondary N) is 4. The molecule has 2 aromatic carbocycles. The van der Waals surface area contributed by atoms with Crippen molar-refractivity contribution < 1.29 is 19.1 Å². The number of hydrogen-bond acceptors (Lipinski definition) is 5. The molecule has 8 heteroatoms. The van der Waals surface area contributed by atoms with Gasteiger partial charge in [0.1, 0.15) is 0 Å². The van der Waals surface area contributed by atoms with Gasteiger partial charge in [0.25, 0.3) is 11.8 Å². The highest BCUT2D eigenvalue weighted by Gasteiger charge is 2.21. The summed E-state index contributed by atoms with van der Waals surface area (Å²) in [4.78, 5) is 38.1. The van der Waals surface area contributed by atoms with E-state index >= 15 is 0 Å². The molecule has 0 radical (unpaired) electrons. The van der Waals surface area contributed by atoms with Crippen LogP contribution in [-0.4, -0.2) is 49.6 Å². The predicted octanol–water partition coefficient (Wildman–Crippen LogP) is 3.32. The minimum atomic E-state index is -0.310. The topological polar surface area (TPSA) is 109 Å². The van der Waals surface area contributed by atoms with E-state index in [9.17, 15) is 14.4 Å². The van der Waals surface area contributed by atoms with Gasteiger partial charge in [-0.3, -0.25) is 14.4 Å². The van der Waals surface area contributed by atoms with Crippen LogP contribution < -0.4 is 21.3 Å². The Morgan fingerprint density at radius 2 is 1.50 bits per heavy atom. The summed E-state index contributed by atoms with van der Waals surface area (Å²) in [6, 6.07) is 14.2. The molecule has 2 fully saturated rings. The third-order valence-electron chi connectivity index (χ3n) is 6.26. The number of hydrogen-bond donors (Lipinski definition) is 4. The highest BCUT2D eigenvalue weighted by atomic mass is 16.5. The third-order valence-corrected chi connectivity index (χ3v) is 6.26. The van der Waals surface area contributed by atoms with Gasteiger partial charge in [-0.15, -0.1) is 0 Å². The summed E-state index contributed by atoms with van der Waals surface area (Å²) in [6.45, 7) is 1.15. The monoisotopic (exact) mass is 464 g/mol. The number of ether oxygens (including phenoxy) is 1. The van der Waals surface area contributed by atoms with Gasteiger partial charge in [-0.2, -0.15) is 0 Å². The van der Waals surface area contributed by atoms with Crippen molar-refractivity contribution in [3.05, 3.63) is 59.7 Å². The first-order valence-corrected chi connectivity index (χ1v) is 12.0. The molecule has 34 heavy (non-hydrogen) atoms. The Balaban J connectivity index is 1.33. The van der Waals surface area contributed by atoms with Gasteiger partial charge in [0.05, 0.1) is 29.5 Å². The van der Waals surface area contributed by atoms with Gasteiger partial charge in [0, 0.05) is 24.9 Å². The first-order valence-electron chi connectivity index (χ1n) is 12.0. The van der Waals surface area contributed by atoms with Gasteiger partial charge in [-0.1, -0.05) is 37.1 Å². The lowest BCUT2D eigenvalue weighted by Crippen LogP contribution is -2.33. The highest BCUT2D eigenvalue weighted by Crippen LogP contribution is 2.21. The van der Waals surface area contributed by atoms with E-state index in [1.807, 2.05) is 0 Å². The van der Waals surface area contributed by atoms with E-state index in [-0.39, 0.29) is 36.4 Å². The minimum Gasteiger partial charge on any atom is -0.376 e. The lowest BCUT2D eigenvalue weighted by atomic mass is 10.1. The van der Waals surface area contributed by atoms with Crippen LogP contribution in [0.1, 0.15) is 59.2 Å². The molecule has 2 aliphatic rings. The molecule has 8 nitrogen and oxygen atoms in total. The van der Waals surface area contributed by atoms with Crippen molar-refractivity contribution in [2.24, 2.45) is 0 Å². The zero-order chi connectivity index (χ0) is 23.8. The van der Waals surface area contributed by atoms with Gasteiger partial charge < -0.3 is 26.0 Å². The molecular formula is C26H32N4O4. The van der Waals surface area contributed by atoms with Crippen molar-refractivity contribution in [3.8, 4) is 0 Å². The van der Waals surface area contributed by atoms with Crippen LogP contribution in [0.4, 0.5) is 11.4 Å². The maximum atomic E-state index is 12.7. The summed E-state index contributed by atoms with van der Waals surface area (Å²) >= 11 is 0. The molecule has 3 amide bonds. The molecule has 2 aromatic rings. The maximum absolute atomic E-state index is 12.7. The third kappa shape index (κ3) is 6.35. The van der Waals surface area contributed by atoms with Crippen LogP contribution in [0.2, 0.25) is 0 Å². The van der Waals surface area contributed by atoms with Crippen LogP contribution in [0.25, 0.3) is 0 Å². The number of para-hydroxylation sites is 2. The molecule has 0 bridgehead atoms. The van der Waals surface area contributed by atoms with Crippen LogP contribution in [0.15, 0.2) is 48.5 Å².